The molecule has 0 aliphatic rings. The van der Waals surface area contributed by atoms with Gasteiger partial charge in [0.1, 0.15) is 12.4 Å². The van der Waals surface area contributed by atoms with Crippen LogP contribution in [0.3, 0.4) is 0 Å². The molecule has 4 aromatic rings. The van der Waals surface area contributed by atoms with Gasteiger partial charge in [0.15, 0.2) is 5.65 Å². The third-order valence-corrected chi connectivity index (χ3v) is 4.67. The van der Waals surface area contributed by atoms with E-state index in [9.17, 15) is 0 Å². The van der Waals surface area contributed by atoms with Crippen LogP contribution in [0.15, 0.2) is 67.0 Å². The molecule has 0 N–H and O–H groups in total. The summed E-state index contributed by atoms with van der Waals surface area (Å²) in [5.74, 6) is 0.863. The smallest absolute Gasteiger partial charge is 0.156 e. The highest BCUT2D eigenvalue weighted by Gasteiger charge is 2.10. The maximum absolute atomic E-state index is 6.23. The molecule has 0 bridgehead atoms. The van der Waals surface area contributed by atoms with E-state index in [2.05, 4.69) is 23.2 Å². The Morgan fingerprint density at radius 1 is 1.00 bits per heavy atom. The maximum atomic E-state index is 6.23. The molecule has 26 heavy (non-hydrogen) atoms. The molecule has 0 radical (unpaired) electrons. The summed E-state index contributed by atoms with van der Waals surface area (Å²) in [5.41, 5.74) is 4.73. The van der Waals surface area contributed by atoms with Crippen molar-refractivity contribution in [1.82, 2.24) is 9.38 Å². The van der Waals surface area contributed by atoms with Crippen LogP contribution in [0.4, 0.5) is 0 Å². The molecule has 2 aromatic heterocycles. The number of fused-ring (bicyclic) bond motifs is 1. The largest absolute Gasteiger partial charge is 0.489 e. The van der Waals surface area contributed by atoms with Crippen LogP contribution in [-0.4, -0.2) is 9.38 Å². The molecule has 2 aromatic carbocycles. The first kappa shape index (κ1) is 17.0. The second kappa shape index (κ2) is 7.02. The van der Waals surface area contributed by atoms with Gasteiger partial charge in [-0.3, -0.25) is 0 Å². The van der Waals surface area contributed by atoms with Gasteiger partial charge in [-0.1, -0.05) is 53.5 Å². The van der Waals surface area contributed by atoms with Crippen molar-refractivity contribution in [2.45, 2.75) is 13.5 Å². The molecule has 0 fully saturated rings. The first-order valence-corrected chi connectivity index (χ1v) is 8.97. The van der Waals surface area contributed by atoms with E-state index in [1.807, 2.05) is 47.9 Å². The molecule has 0 atom stereocenters. The summed E-state index contributed by atoms with van der Waals surface area (Å²) in [7, 11) is 0. The van der Waals surface area contributed by atoms with Crippen molar-refractivity contribution in [2.24, 2.45) is 0 Å². The van der Waals surface area contributed by atoms with Crippen LogP contribution in [0.1, 0.15) is 11.1 Å². The molecule has 2 heterocycles. The van der Waals surface area contributed by atoms with Gasteiger partial charge in [-0.25, -0.2) is 4.98 Å². The fraction of sp³-hybridized carbons (Fsp3) is 0.0952. The lowest BCUT2D eigenvalue weighted by Crippen LogP contribution is -1.96. The number of aromatic nitrogens is 2. The van der Waals surface area contributed by atoms with Crippen LogP contribution < -0.4 is 4.74 Å². The summed E-state index contributed by atoms with van der Waals surface area (Å²) in [5, 5.41) is 1.11. The van der Waals surface area contributed by atoms with Gasteiger partial charge in [-0.15, -0.1) is 0 Å². The first-order valence-electron chi connectivity index (χ1n) is 8.21. The zero-order chi connectivity index (χ0) is 18.1. The number of hydrogen-bond acceptors (Lipinski definition) is 2. The highest BCUT2D eigenvalue weighted by atomic mass is 35.5. The SMILES string of the molecule is Cc1cc(-c2cn3cc(Cl)cc(Cl)c3n2)ccc1OCc1ccccc1. The number of ether oxygens (including phenoxy) is 1. The number of hydrogen-bond donors (Lipinski definition) is 0. The predicted octanol–water partition coefficient (Wildman–Crippen LogP) is 6.20. The van der Waals surface area contributed by atoms with Crippen molar-refractivity contribution in [1.29, 1.82) is 0 Å². The Labute approximate surface area is 161 Å². The number of nitrogens with zero attached hydrogens (tertiary/aromatic N) is 2. The van der Waals surface area contributed by atoms with E-state index in [0.29, 0.717) is 22.3 Å². The van der Waals surface area contributed by atoms with Gasteiger partial charge in [0.05, 0.1) is 15.7 Å². The van der Waals surface area contributed by atoms with Gasteiger partial charge in [-0.05, 0) is 42.3 Å². The van der Waals surface area contributed by atoms with E-state index in [-0.39, 0.29) is 0 Å². The minimum absolute atomic E-state index is 0.531. The molecule has 0 aliphatic carbocycles. The number of rotatable bonds is 4. The molecule has 3 nitrogen and oxygen atoms in total. The van der Waals surface area contributed by atoms with E-state index in [0.717, 1.165) is 28.1 Å². The summed E-state index contributed by atoms with van der Waals surface area (Å²) < 4.78 is 7.79. The lowest BCUT2D eigenvalue weighted by molar-refractivity contribution is 0.304. The summed E-state index contributed by atoms with van der Waals surface area (Å²) in [6.07, 6.45) is 3.72. The quantitative estimate of drug-likeness (QED) is 0.420. The van der Waals surface area contributed by atoms with E-state index in [1.54, 1.807) is 12.3 Å². The highest BCUT2D eigenvalue weighted by molar-refractivity contribution is 6.36. The van der Waals surface area contributed by atoms with Crippen molar-refractivity contribution < 1.29 is 4.74 Å². The van der Waals surface area contributed by atoms with E-state index in [1.165, 1.54) is 0 Å². The molecule has 0 spiro atoms. The summed E-state index contributed by atoms with van der Waals surface area (Å²) in [6, 6.07) is 17.9. The Kier molecular flexibility index (Phi) is 4.58. The molecule has 4 rings (SSSR count). The van der Waals surface area contributed by atoms with Gasteiger partial charge in [0.2, 0.25) is 0 Å². The van der Waals surface area contributed by atoms with Crippen LogP contribution in [-0.2, 0) is 6.61 Å². The number of aryl methyl sites for hydroxylation is 1. The molecule has 5 heteroatoms. The van der Waals surface area contributed by atoms with Crippen LogP contribution in [0.5, 0.6) is 5.75 Å². The summed E-state index contributed by atoms with van der Waals surface area (Å²) >= 11 is 12.3. The van der Waals surface area contributed by atoms with Crippen LogP contribution in [0.25, 0.3) is 16.9 Å². The Balaban J connectivity index is 1.60. The van der Waals surface area contributed by atoms with Gasteiger partial charge in [-0.2, -0.15) is 0 Å². The topological polar surface area (TPSA) is 26.5 Å². The molecule has 0 unspecified atom stereocenters. The minimum atomic E-state index is 0.531. The van der Waals surface area contributed by atoms with E-state index >= 15 is 0 Å². The predicted molar refractivity (Wildman–Crippen MR) is 106 cm³/mol. The maximum Gasteiger partial charge on any atom is 0.156 e. The number of halogens is 2. The second-order valence-electron chi connectivity index (χ2n) is 6.12. The minimum Gasteiger partial charge on any atom is -0.489 e. The third-order valence-electron chi connectivity index (χ3n) is 4.18. The number of benzene rings is 2. The number of pyridine rings is 1. The average Bonchev–Trinajstić information content (AvgIpc) is 3.06. The fourth-order valence-electron chi connectivity index (χ4n) is 2.87. The Morgan fingerprint density at radius 2 is 1.81 bits per heavy atom. The lowest BCUT2D eigenvalue weighted by Gasteiger charge is -2.10. The van der Waals surface area contributed by atoms with Crippen LogP contribution >= 0.6 is 23.2 Å². The van der Waals surface area contributed by atoms with Gasteiger partial charge < -0.3 is 9.14 Å². The standard InChI is InChI=1S/C21H16Cl2N2O/c1-14-9-16(7-8-20(14)26-13-15-5-3-2-4-6-15)19-12-25-11-17(22)10-18(23)21(25)24-19/h2-12H,13H2,1H3. The lowest BCUT2D eigenvalue weighted by atomic mass is 10.1. The first-order chi connectivity index (χ1) is 12.6. The molecule has 0 saturated carbocycles. The van der Waals surface area contributed by atoms with E-state index in [4.69, 9.17) is 27.9 Å². The second-order valence-corrected chi connectivity index (χ2v) is 6.96. The van der Waals surface area contributed by atoms with Crippen LogP contribution in [0, 0.1) is 6.92 Å². The molecule has 0 amide bonds. The molecular weight excluding hydrogens is 367 g/mol. The third kappa shape index (κ3) is 3.41. The Bertz CT molecular complexity index is 1070. The van der Waals surface area contributed by atoms with Crippen molar-refractivity contribution >= 4 is 28.8 Å². The molecular formula is C21H16Cl2N2O. The van der Waals surface area contributed by atoms with Crippen molar-refractivity contribution in [3.05, 3.63) is 88.2 Å². The van der Waals surface area contributed by atoms with Gasteiger partial charge >= 0.3 is 0 Å². The zero-order valence-corrected chi connectivity index (χ0v) is 15.6. The fourth-order valence-corrected chi connectivity index (χ4v) is 3.40. The van der Waals surface area contributed by atoms with Crippen molar-refractivity contribution in [3.8, 4) is 17.0 Å². The summed E-state index contributed by atoms with van der Waals surface area (Å²) in [4.78, 5) is 4.62. The van der Waals surface area contributed by atoms with Gasteiger partial charge in [0, 0.05) is 18.0 Å². The van der Waals surface area contributed by atoms with Gasteiger partial charge in [0.25, 0.3) is 0 Å². The normalized spacial score (nSPS) is 11.0. The van der Waals surface area contributed by atoms with E-state index < -0.39 is 0 Å². The zero-order valence-electron chi connectivity index (χ0n) is 14.1. The van der Waals surface area contributed by atoms with Crippen molar-refractivity contribution in [3.63, 3.8) is 0 Å². The molecule has 0 aliphatic heterocycles. The number of imidazole rings is 1. The van der Waals surface area contributed by atoms with Crippen LogP contribution in [0.2, 0.25) is 10.0 Å². The van der Waals surface area contributed by atoms with Crippen molar-refractivity contribution in [2.75, 3.05) is 0 Å². The Hall–Kier alpha value is -2.49. The highest BCUT2D eigenvalue weighted by Crippen LogP contribution is 2.29. The Morgan fingerprint density at radius 3 is 2.58 bits per heavy atom. The molecule has 130 valence electrons. The summed E-state index contributed by atoms with van der Waals surface area (Å²) in [6.45, 7) is 2.58. The average molecular weight is 383 g/mol. The monoisotopic (exact) mass is 382 g/mol. The molecule has 0 saturated heterocycles.